The molecule has 0 saturated carbocycles. The van der Waals surface area contributed by atoms with Crippen LogP contribution in [0.2, 0.25) is 0 Å². The van der Waals surface area contributed by atoms with Crippen molar-refractivity contribution in [1.29, 1.82) is 0 Å². The molecular weight excluding hydrogens is 248 g/mol. The number of anilines is 3. The second-order valence-electron chi connectivity index (χ2n) is 4.45. The minimum atomic E-state index is 0.690. The van der Waals surface area contributed by atoms with Gasteiger partial charge >= 0.3 is 0 Å². The van der Waals surface area contributed by atoms with Gasteiger partial charge in [-0.1, -0.05) is 24.8 Å². The lowest BCUT2D eigenvalue weighted by Gasteiger charge is -2.09. The average Bonchev–Trinajstić information content (AvgIpc) is 2.48. The molecule has 1 heterocycles. The molecule has 98 valence electrons. The van der Waals surface area contributed by atoms with E-state index in [4.69, 9.17) is 5.73 Å². The standard InChI is InChI=1S/C16H14N4/c1-2-11-4-3-5-13(8-11)20-16-14-9-12(17)6-7-15(14)18-10-19-16/h2-10H,1,17H2,(H,18,19,20). The molecule has 3 aromatic rings. The van der Waals surface area contributed by atoms with Crippen LogP contribution < -0.4 is 11.1 Å². The van der Waals surface area contributed by atoms with Gasteiger partial charge in [0.2, 0.25) is 0 Å². The monoisotopic (exact) mass is 262 g/mol. The number of hydrogen-bond acceptors (Lipinski definition) is 4. The van der Waals surface area contributed by atoms with Crippen LogP contribution >= 0.6 is 0 Å². The number of nitrogens with one attached hydrogen (secondary N) is 1. The first-order valence-corrected chi connectivity index (χ1v) is 6.26. The largest absolute Gasteiger partial charge is 0.399 e. The van der Waals surface area contributed by atoms with Gasteiger partial charge in [0, 0.05) is 16.8 Å². The van der Waals surface area contributed by atoms with Gasteiger partial charge < -0.3 is 11.1 Å². The van der Waals surface area contributed by atoms with Gasteiger partial charge in [0.05, 0.1) is 5.52 Å². The summed E-state index contributed by atoms with van der Waals surface area (Å²) in [5, 5.41) is 4.19. The van der Waals surface area contributed by atoms with E-state index in [1.54, 1.807) is 6.08 Å². The van der Waals surface area contributed by atoms with Crippen molar-refractivity contribution < 1.29 is 0 Å². The van der Waals surface area contributed by atoms with E-state index in [-0.39, 0.29) is 0 Å². The summed E-state index contributed by atoms with van der Waals surface area (Å²) < 4.78 is 0. The van der Waals surface area contributed by atoms with Gasteiger partial charge in [0.25, 0.3) is 0 Å². The van der Waals surface area contributed by atoms with Crippen molar-refractivity contribution in [2.75, 3.05) is 11.1 Å². The van der Waals surface area contributed by atoms with Gasteiger partial charge in [-0.15, -0.1) is 0 Å². The molecule has 0 aliphatic carbocycles. The lowest BCUT2D eigenvalue weighted by atomic mass is 10.2. The van der Waals surface area contributed by atoms with Crippen LogP contribution in [0.25, 0.3) is 17.0 Å². The third kappa shape index (κ3) is 2.31. The molecule has 0 spiro atoms. The van der Waals surface area contributed by atoms with Crippen molar-refractivity contribution in [3.8, 4) is 0 Å². The Kier molecular flexibility index (Phi) is 3.05. The Morgan fingerprint density at radius 1 is 1.10 bits per heavy atom. The zero-order chi connectivity index (χ0) is 13.9. The number of fused-ring (bicyclic) bond motifs is 1. The highest BCUT2D eigenvalue weighted by Crippen LogP contribution is 2.25. The smallest absolute Gasteiger partial charge is 0.141 e. The first-order chi connectivity index (χ1) is 9.76. The predicted octanol–water partition coefficient (Wildman–Crippen LogP) is 3.60. The van der Waals surface area contributed by atoms with E-state index in [1.807, 2.05) is 42.5 Å². The summed E-state index contributed by atoms with van der Waals surface area (Å²) in [6, 6.07) is 13.5. The Bertz CT molecular complexity index is 780. The Hall–Kier alpha value is -2.88. The van der Waals surface area contributed by atoms with Crippen molar-refractivity contribution >= 4 is 34.2 Å². The lowest BCUT2D eigenvalue weighted by Crippen LogP contribution is -1.97. The zero-order valence-corrected chi connectivity index (χ0v) is 10.9. The first-order valence-electron chi connectivity index (χ1n) is 6.26. The molecule has 0 bridgehead atoms. The molecular formula is C16H14N4. The molecule has 3 rings (SSSR count). The maximum Gasteiger partial charge on any atom is 0.141 e. The Morgan fingerprint density at radius 3 is 2.85 bits per heavy atom. The fourth-order valence-electron chi connectivity index (χ4n) is 2.05. The summed E-state index contributed by atoms with van der Waals surface area (Å²) in [6.45, 7) is 3.77. The molecule has 4 nitrogen and oxygen atoms in total. The highest BCUT2D eigenvalue weighted by Gasteiger charge is 2.04. The SMILES string of the molecule is C=Cc1cccc(Nc2ncnc3ccc(N)cc23)c1. The Labute approximate surface area is 117 Å². The minimum absolute atomic E-state index is 0.690. The maximum atomic E-state index is 5.84. The fraction of sp³-hybridized carbons (Fsp3) is 0. The number of nitrogens with two attached hydrogens (primary N) is 1. The number of rotatable bonds is 3. The second-order valence-corrected chi connectivity index (χ2v) is 4.45. The van der Waals surface area contributed by atoms with Gasteiger partial charge in [-0.3, -0.25) is 0 Å². The van der Waals surface area contributed by atoms with Crippen molar-refractivity contribution in [2.24, 2.45) is 0 Å². The van der Waals surface area contributed by atoms with Crippen LogP contribution in [0.3, 0.4) is 0 Å². The Balaban J connectivity index is 2.05. The van der Waals surface area contributed by atoms with E-state index in [1.165, 1.54) is 6.33 Å². The topological polar surface area (TPSA) is 63.8 Å². The lowest BCUT2D eigenvalue weighted by molar-refractivity contribution is 1.22. The van der Waals surface area contributed by atoms with Crippen molar-refractivity contribution in [3.63, 3.8) is 0 Å². The van der Waals surface area contributed by atoms with E-state index in [0.717, 1.165) is 28.0 Å². The molecule has 2 aromatic carbocycles. The van der Waals surface area contributed by atoms with E-state index in [9.17, 15) is 0 Å². The number of aromatic nitrogens is 2. The Morgan fingerprint density at radius 2 is 2.00 bits per heavy atom. The molecule has 0 aliphatic heterocycles. The number of nitrogens with zero attached hydrogens (tertiary/aromatic N) is 2. The third-order valence-electron chi connectivity index (χ3n) is 3.04. The van der Waals surface area contributed by atoms with Crippen LogP contribution in [0.4, 0.5) is 17.2 Å². The summed E-state index contributed by atoms with van der Waals surface area (Å²) in [4.78, 5) is 8.53. The van der Waals surface area contributed by atoms with Crippen molar-refractivity contribution in [1.82, 2.24) is 9.97 Å². The van der Waals surface area contributed by atoms with Crippen molar-refractivity contribution in [2.45, 2.75) is 0 Å². The fourth-order valence-corrected chi connectivity index (χ4v) is 2.05. The van der Waals surface area contributed by atoms with E-state index >= 15 is 0 Å². The van der Waals surface area contributed by atoms with Crippen LogP contribution in [-0.4, -0.2) is 9.97 Å². The molecule has 0 fully saturated rings. The van der Waals surface area contributed by atoms with Gasteiger partial charge in [-0.05, 0) is 35.9 Å². The van der Waals surface area contributed by atoms with E-state index in [0.29, 0.717) is 5.69 Å². The van der Waals surface area contributed by atoms with Crippen LogP contribution in [0.5, 0.6) is 0 Å². The number of benzene rings is 2. The predicted molar refractivity (Wildman–Crippen MR) is 83.8 cm³/mol. The molecule has 1 aromatic heterocycles. The van der Waals surface area contributed by atoms with Gasteiger partial charge in [-0.2, -0.15) is 0 Å². The third-order valence-corrected chi connectivity index (χ3v) is 3.04. The molecule has 0 radical (unpaired) electrons. The second kappa shape index (κ2) is 5.01. The maximum absolute atomic E-state index is 5.84. The van der Waals surface area contributed by atoms with Gasteiger partial charge in [0.15, 0.2) is 0 Å². The summed E-state index contributed by atoms with van der Waals surface area (Å²) in [6.07, 6.45) is 3.35. The zero-order valence-electron chi connectivity index (χ0n) is 10.9. The minimum Gasteiger partial charge on any atom is -0.399 e. The summed E-state index contributed by atoms with van der Waals surface area (Å²) in [7, 11) is 0. The highest BCUT2D eigenvalue weighted by atomic mass is 15.0. The van der Waals surface area contributed by atoms with E-state index in [2.05, 4.69) is 21.9 Å². The highest BCUT2D eigenvalue weighted by molar-refractivity contribution is 5.92. The number of nitrogen functional groups attached to an aromatic ring is 1. The molecule has 20 heavy (non-hydrogen) atoms. The molecule has 0 saturated heterocycles. The summed E-state index contributed by atoms with van der Waals surface area (Å²) >= 11 is 0. The molecule has 3 N–H and O–H groups in total. The first kappa shape index (κ1) is 12.2. The van der Waals surface area contributed by atoms with Gasteiger partial charge in [0.1, 0.15) is 12.1 Å². The van der Waals surface area contributed by atoms with Crippen LogP contribution in [-0.2, 0) is 0 Å². The molecule has 0 aliphatic rings. The molecule has 4 heteroatoms. The van der Waals surface area contributed by atoms with Crippen LogP contribution in [0, 0.1) is 0 Å². The van der Waals surface area contributed by atoms with E-state index < -0.39 is 0 Å². The number of hydrogen-bond donors (Lipinski definition) is 2. The molecule has 0 atom stereocenters. The average molecular weight is 262 g/mol. The van der Waals surface area contributed by atoms with Crippen LogP contribution in [0.15, 0.2) is 55.4 Å². The van der Waals surface area contributed by atoms with Crippen molar-refractivity contribution in [3.05, 3.63) is 60.9 Å². The normalized spacial score (nSPS) is 10.4. The summed E-state index contributed by atoms with van der Waals surface area (Å²) in [5.74, 6) is 0.739. The summed E-state index contributed by atoms with van der Waals surface area (Å²) in [5.41, 5.74) is 9.38. The molecule has 0 unspecified atom stereocenters. The van der Waals surface area contributed by atoms with Gasteiger partial charge in [-0.25, -0.2) is 9.97 Å². The van der Waals surface area contributed by atoms with Crippen LogP contribution in [0.1, 0.15) is 5.56 Å². The quantitative estimate of drug-likeness (QED) is 0.708. The molecule has 0 amide bonds.